The van der Waals surface area contributed by atoms with Crippen LogP contribution < -0.4 is 10.2 Å². The molecule has 5 nitrogen and oxygen atoms in total. The normalized spacial score (nSPS) is 11.2. The van der Waals surface area contributed by atoms with Gasteiger partial charge in [0.1, 0.15) is 12.2 Å². The van der Waals surface area contributed by atoms with Gasteiger partial charge in [0.25, 0.3) is 0 Å². The lowest BCUT2D eigenvalue weighted by Gasteiger charge is -2.22. The molecule has 0 atom stereocenters. The SMILES string of the molecule is CC(=O)N(c1nc(C[NH2+]CCCOC(C)C)cs1)c1c(C)cccc1C. The second-order valence-corrected chi connectivity index (χ2v) is 7.61. The van der Waals surface area contributed by atoms with Crippen molar-refractivity contribution in [3.8, 4) is 0 Å². The highest BCUT2D eigenvalue weighted by Gasteiger charge is 2.21. The second kappa shape index (κ2) is 9.80. The van der Waals surface area contributed by atoms with Gasteiger partial charge in [-0.25, -0.2) is 4.98 Å². The minimum absolute atomic E-state index is 0.0156. The lowest BCUT2D eigenvalue weighted by molar-refractivity contribution is -0.671. The Bertz CT molecular complexity index is 707. The van der Waals surface area contributed by atoms with Crippen molar-refractivity contribution < 1.29 is 14.8 Å². The lowest BCUT2D eigenvalue weighted by Crippen LogP contribution is -2.82. The number of anilines is 2. The minimum Gasteiger partial charge on any atom is -0.379 e. The smallest absolute Gasteiger partial charge is 0.230 e. The summed E-state index contributed by atoms with van der Waals surface area (Å²) < 4.78 is 5.55. The predicted octanol–water partition coefficient (Wildman–Crippen LogP) is 3.32. The molecule has 2 aromatic rings. The zero-order valence-electron chi connectivity index (χ0n) is 16.4. The van der Waals surface area contributed by atoms with Crippen LogP contribution >= 0.6 is 11.3 Å². The fraction of sp³-hybridized carbons (Fsp3) is 0.500. The Kier molecular flexibility index (Phi) is 7.75. The number of aryl methyl sites for hydroxylation is 2. The van der Waals surface area contributed by atoms with Crippen molar-refractivity contribution in [2.45, 2.75) is 53.7 Å². The summed E-state index contributed by atoms with van der Waals surface area (Å²) in [5.74, 6) is -0.0156. The number of nitrogens with two attached hydrogens (primary N) is 1. The van der Waals surface area contributed by atoms with E-state index in [-0.39, 0.29) is 5.91 Å². The molecule has 0 aliphatic carbocycles. The van der Waals surface area contributed by atoms with Crippen LogP contribution in [0.5, 0.6) is 0 Å². The Labute approximate surface area is 160 Å². The molecule has 1 heterocycles. The van der Waals surface area contributed by atoms with Gasteiger partial charge in [0.2, 0.25) is 5.91 Å². The van der Waals surface area contributed by atoms with E-state index in [1.165, 1.54) is 11.3 Å². The zero-order valence-corrected chi connectivity index (χ0v) is 17.2. The van der Waals surface area contributed by atoms with E-state index in [9.17, 15) is 4.79 Å². The number of thiazole rings is 1. The summed E-state index contributed by atoms with van der Waals surface area (Å²) in [6.07, 6.45) is 1.32. The second-order valence-electron chi connectivity index (χ2n) is 6.77. The maximum Gasteiger partial charge on any atom is 0.230 e. The highest BCUT2D eigenvalue weighted by molar-refractivity contribution is 7.14. The molecule has 2 N–H and O–H groups in total. The van der Waals surface area contributed by atoms with Crippen molar-refractivity contribution in [1.82, 2.24) is 4.98 Å². The number of hydrogen-bond donors (Lipinski definition) is 1. The molecular weight excluding hydrogens is 346 g/mol. The summed E-state index contributed by atoms with van der Waals surface area (Å²) in [6.45, 7) is 12.4. The number of amides is 1. The minimum atomic E-state index is -0.0156. The van der Waals surface area contributed by atoms with E-state index in [0.717, 1.165) is 53.8 Å². The van der Waals surface area contributed by atoms with Crippen LogP contribution in [0.1, 0.15) is 44.0 Å². The number of benzene rings is 1. The third-order valence-corrected chi connectivity index (χ3v) is 4.94. The Morgan fingerprint density at radius 3 is 2.62 bits per heavy atom. The van der Waals surface area contributed by atoms with E-state index in [4.69, 9.17) is 9.72 Å². The molecule has 0 saturated carbocycles. The lowest BCUT2D eigenvalue weighted by atomic mass is 10.1. The van der Waals surface area contributed by atoms with E-state index in [0.29, 0.717) is 6.10 Å². The van der Waals surface area contributed by atoms with Crippen molar-refractivity contribution >= 4 is 28.1 Å². The topological polar surface area (TPSA) is 59.0 Å². The number of quaternary nitrogens is 1. The average molecular weight is 377 g/mol. The Morgan fingerprint density at radius 2 is 2.00 bits per heavy atom. The first kappa shape index (κ1) is 20.6. The van der Waals surface area contributed by atoms with Gasteiger partial charge in [-0.1, -0.05) is 18.2 Å². The highest BCUT2D eigenvalue weighted by Crippen LogP contribution is 2.33. The molecule has 0 bridgehead atoms. The van der Waals surface area contributed by atoms with E-state index in [1.54, 1.807) is 11.8 Å². The first-order chi connectivity index (χ1) is 12.4. The fourth-order valence-corrected chi connectivity index (χ4v) is 3.72. The first-order valence-electron chi connectivity index (χ1n) is 9.14. The molecule has 26 heavy (non-hydrogen) atoms. The molecule has 0 radical (unpaired) electrons. The average Bonchev–Trinajstić information content (AvgIpc) is 3.02. The third-order valence-electron chi connectivity index (χ3n) is 4.07. The van der Waals surface area contributed by atoms with Gasteiger partial charge >= 0.3 is 0 Å². The Hall–Kier alpha value is -1.76. The molecular formula is C20H30N3O2S+. The number of nitrogens with zero attached hydrogens (tertiary/aromatic N) is 2. The fourth-order valence-electron chi connectivity index (χ4n) is 2.84. The van der Waals surface area contributed by atoms with Crippen LogP contribution in [0, 0.1) is 13.8 Å². The number of hydrogen-bond acceptors (Lipinski definition) is 4. The molecule has 0 unspecified atom stereocenters. The summed E-state index contributed by atoms with van der Waals surface area (Å²) in [5.41, 5.74) is 4.10. The standard InChI is InChI=1S/C20H29N3O2S/c1-14(2)25-11-7-10-21-12-18-13-26-20(22-18)23(17(5)24)19-15(3)8-6-9-16(19)4/h6,8-9,13-14,21H,7,10-12H2,1-5H3/p+1. The molecule has 0 spiro atoms. The van der Waals surface area contributed by atoms with Crippen LogP contribution in [0.2, 0.25) is 0 Å². The van der Waals surface area contributed by atoms with Crippen LogP contribution in [-0.4, -0.2) is 30.1 Å². The van der Waals surface area contributed by atoms with Crippen LogP contribution in [0.15, 0.2) is 23.6 Å². The Balaban J connectivity index is 2.01. The summed E-state index contributed by atoms with van der Waals surface area (Å²) in [6, 6.07) is 6.07. The van der Waals surface area contributed by atoms with Gasteiger partial charge in [-0.2, -0.15) is 0 Å². The van der Waals surface area contributed by atoms with Crippen molar-refractivity contribution in [3.63, 3.8) is 0 Å². The number of rotatable bonds is 9. The molecule has 0 aliphatic heterocycles. The zero-order chi connectivity index (χ0) is 19.1. The predicted molar refractivity (Wildman–Crippen MR) is 107 cm³/mol. The van der Waals surface area contributed by atoms with Crippen molar-refractivity contribution in [2.75, 3.05) is 18.1 Å². The third kappa shape index (κ3) is 5.62. The summed E-state index contributed by atoms with van der Waals surface area (Å²) in [4.78, 5) is 18.7. The van der Waals surface area contributed by atoms with Crippen LogP contribution in [-0.2, 0) is 16.1 Å². The summed E-state index contributed by atoms with van der Waals surface area (Å²) >= 11 is 1.52. The molecule has 142 valence electrons. The summed E-state index contributed by atoms with van der Waals surface area (Å²) in [7, 11) is 0. The van der Waals surface area contributed by atoms with Gasteiger partial charge < -0.3 is 10.1 Å². The van der Waals surface area contributed by atoms with Gasteiger partial charge in [-0.05, 0) is 38.8 Å². The molecule has 2 rings (SSSR count). The van der Waals surface area contributed by atoms with Gasteiger partial charge in [-0.3, -0.25) is 9.69 Å². The van der Waals surface area contributed by atoms with E-state index in [2.05, 4.69) is 19.2 Å². The maximum absolute atomic E-state index is 12.3. The molecule has 1 aromatic carbocycles. The van der Waals surface area contributed by atoms with Gasteiger partial charge in [0, 0.05) is 18.7 Å². The molecule has 1 amide bonds. The van der Waals surface area contributed by atoms with Crippen molar-refractivity contribution in [2.24, 2.45) is 0 Å². The largest absolute Gasteiger partial charge is 0.379 e. The highest BCUT2D eigenvalue weighted by atomic mass is 32.1. The van der Waals surface area contributed by atoms with Crippen LogP contribution in [0.3, 0.4) is 0 Å². The quantitative estimate of drug-likeness (QED) is 0.683. The number of ether oxygens (including phenoxy) is 1. The van der Waals surface area contributed by atoms with E-state index < -0.39 is 0 Å². The van der Waals surface area contributed by atoms with Gasteiger partial charge in [0.15, 0.2) is 5.13 Å². The monoisotopic (exact) mass is 376 g/mol. The first-order valence-corrected chi connectivity index (χ1v) is 10.0. The number of para-hydroxylation sites is 1. The molecule has 0 saturated heterocycles. The maximum atomic E-state index is 12.3. The van der Waals surface area contributed by atoms with E-state index in [1.807, 2.05) is 37.4 Å². The van der Waals surface area contributed by atoms with Crippen LogP contribution in [0.25, 0.3) is 0 Å². The van der Waals surface area contributed by atoms with Crippen LogP contribution in [0.4, 0.5) is 10.8 Å². The van der Waals surface area contributed by atoms with Gasteiger partial charge in [-0.15, -0.1) is 11.3 Å². The molecule has 1 aromatic heterocycles. The molecule has 0 aliphatic rings. The van der Waals surface area contributed by atoms with Crippen molar-refractivity contribution in [1.29, 1.82) is 0 Å². The van der Waals surface area contributed by atoms with Crippen molar-refractivity contribution in [3.05, 3.63) is 40.4 Å². The Morgan fingerprint density at radius 1 is 1.31 bits per heavy atom. The summed E-state index contributed by atoms with van der Waals surface area (Å²) in [5, 5.41) is 5.01. The van der Waals surface area contributed by atoms with Gasteiger partial charge in [0.05, 0.1) is 24.9 Å². The molecule has 0 fully saturated rings. The molecule has 6 heteroatoms. The van der Waals surface area contributed by atoms with E-state index >= 15 is 0 Å². The number of carbonyl (C=O) groups is 1. The number of carbonyl (C=O) groups excluding carboxylic acids is 1. The number of aromatic nitrogens is 1.